The molecule has 2 heteroatoms. The molecule has 0 aliphatic carbocycles. The van der Waals surface area contributed by atoms with Crippen LogP contribution in [0.1, 0.15) is 17.7 Å². The van der Waals surface area contributed by atoms with Crippen molar-refractivity contribution in [2.45, 2.75) is 25.3 Å². The maximum atomic E-state index is 5.91. The van der Waals surface area contributed by atoms with E-state index in [-0.39, 0.29) is 0 Å². The van der Waals surface area contributed by atoms with E-state index in [0.29, 0.717) is 6.04 Å². The monoisotopic (exact) mass is 181 g/mol. The van der Waals surface area contributed by atoms with Crippen LogP contribution in [0, 0.1) is 0 Å². The van der Waals surface area contributed by atoms with Crippen LogP contribution in [0.3, 0.4) is 0 Å². The van der Waals surface area contributed by atoms with Crippen LogP contribution < -0.4 is 5.73 Å². The first-order chi connectivity index (χ1) is 5.83. The summed E-state index contributed by atoms with van der Waals surface area (Å²) in [4.78, 5) is 1.38. The molecule has 0 spiro atoms. The Labute approximate surface area is 77.9 Å². The average molecular weight is 181 g/mol. The Hall–Kier alpha value is -0.600. The molecule has 1 nitrogen and oxygen atoms in total. The van der Waals surface area contributed by atoms with Gasteiger partial charge in [0, 0.05) is 10.9 Å². The van der Waals surface area contributed by atoms with Crippen molar-refractivity contribution in [2.24, 2.45) is 5.73 Å². The molecule has 0 saturated heterocycles. The minimum Gasteiger partial charge on any atom is -0.327 e. The molecule has 1 aromatic rings. The largest absolute Gasteiger partial charge is 0.327 e. The molecule has 0 bridgehead atoms. The van der Waals surface area contributed by atoms with Crippen molar-refractivity contribution < 1.29 is 0 Å². The topological polar surface area (TPSA) is 26.0 Å². The third kappa shape index (κ3) is 3.20. The van der Waals surface area contributed by atoms with Gasteiger partial charge in [0.1, 0.15) is 0 Å². The highest BCUT2D eigenvalue weighted by Gasteiger charge is 2.02. The molecular formula is C10H15NS. The molecule has 0 aliphatic heterocycles. The zero-order chi connectivity index (χ0) is 8.81. The number of allylic oxidation sites excluding steroid dienone is 1. The molecule has 1 atom stereocenters. The van der Waals surface area contributed by atoms with E-state index < -0.39 is 0 Å². The Kier molecular flexibility index (Phi) is 4.05. The summed E-state index contributed by atoms with van der Waals surface area (Å²) in [5.74, 6) is 0. The van der Waals surface area contributed by atoms with Crippen molar-refractivity contribution in [3.8, 4) is 0 Å². The van der Waals surface area contributed by atoms with Gasteiger partial charge in [0.15, 0.2) is 0 Å². The second-order valence-corrected chi connectivity index (χ2v) is 3.94. The fourth-order valence-electron chi connectivity index (χ4n) is 1.12. The zero-order valence-corrected chi connectivity index (χ0v) is 8.02. The van der Waals surface area contributed by atoms with E-state index in [4.69, 9.17) is 5.73 Å². The van der Waals surface area contributed by atoms with Crippen molar-refractivity contribution in [3.05, 3.63) is 35.0 Å². The first kappa shape index (κ1) is 9.49. The van der Waals surface area contributed by atoms with Crippen molar-refractivity contribution >= 4 is 11.3 Å². The predicted octanol–water partition coefficient (Wildman–Crippen LogP) is 2.58. The summed E-state index contributed by atoms with van der Waals surface area (Å²) in [5, 5.41) is 2.09. The smallest absolute Gasteiger partial charge is 0.00901 e. The molecule has 0 aromatic carbocycles. The molecular weight excluding hydrogens is 166 g/mol. The van der Waals surface area contributed by atoms with Gasteiger partial charge in [-0.1, -0.05) is 12.1 Å². The second-order valence-electron chi connectivity index (χ2n) is 2.91. The van der Waals surface area contributed by atoms with Crippen LogP contribution >= 0.6 is 11.3 Å². The maximum absolute atomic E-state index is 5.91. The Morgan fingerprint density at radius 2 is 2.50 bits per heavy atom. The molecule has 1 heterocycles. The van der Waals surface area contributed by atoms with Crippen LogP contribution in [-0.2, 0) is 6.42 Å². The fraction of sp³-hybridized carbons (Fsp3) is 0.400. The summed E-state index contributed by atoms with van der Waals surface area (Å²) in [6, 6.07) is 4.50. The number of thiophene rings is 1. The minimum absolute atomic E-state index is 0.293. The number of nitrogens with two attached hydrogens (primary N) is 1. The molecule has 66 valence electrons. The van der Waals surface area contributed by atoms with E-state index in [1.54, 1.807) is 11.3 Å². The van der Waals surface area contributed by atoms with Crippen LogP contribution in [-0.4, -0.2) is 6.04 Å². The van der Waals surface area contributed by atoms with Crippen molar-refractivity contribution in [2.75, 3.05) is 0 Å². The molecule has 1 rings (SSSR count). The summed E-state index contributed by atoms with van der Waals surface area (Å²) in [5.41, 5.74) is 5.91. The molecule has 1 aromatic heterocycles. The fourth-order valence-corrected chi connectivity index (χ4v) is 1.92. The lowest BCUT2D eigenvalue weighted by molar-refractivity contribution is 0.622. The SMILES string of the molecule is C=CCCC(N)Cc1cccs1. The average Bonchev–Trinajstić information content (AvgIpc) is 2.53. The predicted molar refractivity (Wildman–Crippen MR) is 55.4 cm³/mol. The lowest BCUT2D eigenvalue weighted by atomic mass is 10.1. The van der Waals surface area contributed by atoms with Gasteiger partial charge in [0.2, 0.25) is 0 Å². The van der Waals surface area contributed by atoms with Crippen molar-refractivity contribution in [3.63, 3.8) is 0 Å². The Morgan fingerprint density at radius 3 is 3.08 bits per heavy atom. The van der Waals surface area contributed by atoms with Crippen LogP contribution in [0.15, 0.2) is 30.2 Å². The van der Waals surface area contributed by atoms with Crippen LogP contribution in [0.4, 0.5) is 0 Å². The summed E-state index contributed by atoms with van der Waals surface area (Å²) in [6.45, 7) is 3.68. The second kappa shape index (κ2) is 5.12. The molecule has 0 aliphatic rings. The molecule has 12 heavy (non-hydrogen) atoms. The highest BCUT2D eigenvalue weighted by molar-refractivity contribution is 7.09. The molecule has 1 unspecified atom stereocenters. The first-order valence-corrected chi connectivity index (χ1v) is 5.09. The van der Waals surface area contributed by atoms with Gasteiger partial charge < -0.3 is 5.73 Å². The van der Waals surface area contributed by atoms with Gasteiger partial charge in [-0.25, -0.2) is 0 Å². The van der Waals surface area contributed by atoms with Crippen LogP contribution in [0.25, 0.3) is 0 Å². The van der Waals surface area contributed by atoms with Gasteiger partial charge in [-0.2, -0.15) is 0 Å². The summed E-state index contributed by atoms with van der Waals surface area (Å²) in [7, 11) is 0. The van der Waals surface area contributed by atoms with Gasteiger partial charge in [-0.3, -0.25) is 0 Å². The van der Waals surface area contributed by atoms with Crippen LogP contribution in [0.5, 0.6) is 0 Å². The molecule has 0 amide bonds. The molecule has 0 radical (unpaired) electrons. The lowest BCUT2D eigenvalue weighted by Gasteiger charge is -2.07. The van der Waals surface area contributed by atoms with Crippen LogP contribution in [0.2, 0.25) is 0 Å². The third-order valence-electron chi connectivity index (χ3n) is 1.79. The van der Waals surface area contributed by atoms with Gasteiger partial charge in [-0.15, -0.1) is 17.9 Å². The zero-order valence-electron chi connectivity index (χ0n) is 7.20. The van der Waals surface area contributed by atoms with Gasteiger partial charge >= 0.3 is 0 Å². The lowest BCUT2D eigenvalue weighted by Crippen LogP contribution is -2.21. The molecule has 2 N–H and O–H groups in total. The number of hydrogen-bond acceptors (Lipinski definition) is 2. The van der Waals surface area contributed by atoms with Crippen molar-refractivity contribution in [1.82, 2.24) is 0 Å². The quantitative estimate of drug-likeness (QED) is 0.694. The van der Waals surface area contributed by atoms with Gasteiger partial charge in [0.05, 0.1) is 0 Å². The normalized spacial score (nSPS) is 12.8. The van der Waals surface area contributed by atoms with Crippen molar-refractivity contribution in [1.29, 1.82) is 0 Å². The Morgan fingerprint density at radius 1 is 1.67 bits per heavy atom. The van der Waals surface area contributed by atoms with Gasteiger partial charge in [0.25, 0.3) is 0 Å². The number of rotatable bonds is 5. The highest BCUT2D eigenvalue weighted by Crippen LogP contribution is 2.12. The summed E-state index contributed by atoms with van der Waals surface area (Å²) in [6.07, 6.45) is 4.99. The minimum atomic E-state index is 0.293. The first-order valence-electron chi connectivity index (χ1n) is 4.22. The molecule has 0 fully saturated rings. The standard InChI is InChI=1S/C10H15NS/c1-2-3-5-9(11)8-10-6-4-7-12-10/h2,4,6-7,9H,1,3,5,8,11H2. The summed E-state index contributed by atoms with van der Waals surface area (Å²) < 4.78 is 0. The van der Waals surface area contributed by atoms with Gasteiger partial charge in [-0.05, 0) is 30.7 Å². The Bertz CT molecular complexity index is 216. The van der Waals surface area contributed by atoms with E-state index in [9.17, 15) is 0 Å². The van der Waals surface area contributed by atoms with E-state index in [1.807, 2.05) is 6.08 Å². The van der Waals surface area contributed by atoms with E-state index in [1.165, 1.54) is 4.88 Å². The maximum Gasteiger partial charge on any atom is 0.00901 e. The molecule has 0 saturated carbocycles. The van der Waals surface area contributed by atoms with E-state index in [2.05, 4.69) is 24.1 Å². The highest BCUT2D eigenvalue weighted by atomic mass is 32.1. The van der Waals surface area contributed by atoms with E-state index >= 15 is 0 Å². The summed E-state index contributed by atoms with van der Waals surface area (Å²) >= 11 is 1.78. The number of hydrogen-bond donors (Lipinski definition) is 1. The van der Waals surface area contributed by atoms with E-state index in [0.717, 1.165) is 19.3 Å². The third-order valence-corrected chi connectivity index (χ3v) is 2.68. The Balaban J connectivity index is 2.26.